The maximum Gasteiger partial charge on any atom is 0.271 e. The van der Waals surface area contributed by atoms with Gasteiger partial charge in [-0.15, -0.1) is 10.2 Å². The van der Waals surface area contributed by atoms with Crippen LogP contribution in [0.5, 0.6) is 0 Å². The Labute approximate surface area is 151 Å². The largest absolute Gasteiger partial charge is 0.271 e. The number of rotatable bonds is 4. The molecular formula is C19H19N5O2. The highest BCUT2D eigenvalue weighted by atomic mass is 16.6. The number of nitro benzene ring substituents is 1. The lowest BCUT2D eigenvalue weighted by molar-refractivity contribution is -0.384. The van der Waals surface area contributed by atoms with Gasteiger partial charge in [0.2, 0.25) is 0 Å². The van der Waals surface area contributed by atoms with Crippen LogP contribution in [0.2, 0.25) is 0 Å². The average Bonchev–Trinajstić information content (AvgIpc) is 2.91. The fraction of sp³-hybridized carbons (Fsp3) is 0.211. The van der Waals surface area contributed by atoms with E-state index in [1.54, 1.807) is 0 Å². The Balaban J connectivity index is 2.03. The van der Waals surface area contributed by atoms with Gasteiger partial charge >= 0.3 is 0 Å². The maximum absolute atomic E-state index is 11.1. The van der Waals surface area contributed by atoms with Gasteiger partial charge in [0.15, 0.2) is 0 Å². The zero-order chi connectivity index (χ0) is 18.8. The van der Waals surface area contributed by atoms with E-state index in [9.17, 15) is 10.1 Å². The molecule has 7 heteroatoms. The molecule has 0 atom stereocenters. The smallest absolute Gasteiger partial charge is 0.258 e. The lowest BCUT2D eigenvalue weighted by Crippen LogP contribution is -1.98. The Morgan fingerprint density at radius 1 is 1.04 bits per heavy atom. The molecule has 26 heavy (non-hydrogen) atoms. The summed E-state index contributed by atoms with van der Waals surface area (Å²) in [5.74, 6) is 0. The number of hydrogen-bond acceptors (Lipinski definition) is 5. The van der Waals surface area contributed by atoms with Gasteiger partial charge in [0.25, 0.3) is 5.69 Å². The number of nitro groups is 1. The van der Waals surface area contributed by atoms with Crippen LogP contribution in [0.3, 0.4) is 0 Å². The summed E-state index contributed by atoms with van der Waals surface area (Å²) in [6, 6.07) is 12.8. The standard InChI is InChI=1S/C19H19N5O2/c1-12-10-17(24(25)26)11-18(13(12)2)20-21-19-14(3)22-23(15(19)4)16-8-6-5-7-9-16/h5-11H,1-4H3. The van der Waals surface area contributed by atoms with E-state index in [1.165, 1.54) is 12.1 Å². The van der Waals surface area contributed by atoms with E-state index in [-0.39, 0.29) is 5.69 Å². The molecule has 7 nitrogen and oxygen atoms in total. The topological polar surface area (TPSA) is 85.7 Å². The van der Waals surface area contributed by atoms with E-state index in [0.29, 0.717) is 11.4 Å². The number of hydrogen-bond donors (Lipinski definition) is 0. The number of aromatic nitrogens is 2. The summed E-state index contributed by atoms with van der Waals surface area (Å²) in [5, 5.41) is 24.2. The predicted molar refractivity (Wildman–Crippen MR) is 99.8 cm³/mol. The first kappa shape index (κ1) is 17.5. The number of non-ortho nitro benzene ring substituents is 1. The molecular weight excluding hydrogens is 330 g/mol. The summed E-state index contributed by atoms with van der Waals surface area (Å²) in [6.07, 6.45) is 0. The molecule has 3 rings (SSSR count). The highest BCUT2D eigenvalue weighted by Gasteiger charge is 2.14. The fourth-order valence-electron chi connectivity index (χ4n) is 2.74. The third-order valence-electron chi connectivity index (χ3n) is 4.35. The second kappa shape index (κ2) is 6.87. The van der Waals surface area contributed by atoms with Crippen molar-refractivity contribution in [1.29, 1.82) is 0 Å². The normalized spacial score (nSPS) is 11.2. The number of benzene rings is 2. The summed E-state index contributed by atoms with van der Waals surface area (Å²) in [4.78, 5) is 10.7. The monoisotopic (exact) mass is 349 g/mol. The Bertz CT molecular complexity index is 1010. The zero-order valence-corrected chi connectivity index (χ0v) is 15.1. The minimum absolute atomic E-state index is 0.00970. The molecule has 0 amide bonds. The van der Waals surface area contributed by atoms with E-state index in [0.717, 1.165) is 28.2 Å². The summed E-state index contributed by atoms with van der Waals surface area (Å²) < 4.78 is 1.81. The van der Waals surface area contributed by atoms with Crippen LogP contribution in [0.4, 0.5) is 17.1 Å². The van der Waals surface area contributed by atoms with Gasteiger partial charge in [-0.2, -0.15) is 5.10 Å². The lowest BCUT2D eigenvalue weighted by Gasteiger charge is -2.04. The van der Waals surface area contributed by atoms with Crippen LogP contribution in [-0.4, -0.2) is 14.7 Å². The van der Waals surface area contributed by atoms with E-state index < -0.39 is 4.92 Å². The van der Waals surface area contributed by atoms with Crippen molar-refractivity contribution in [3.63, 3.8) is 0 Å². The van der Waals surface area contributed by atoms with Crippen molar-refractivity contribution in [3.8, 4) is 5.69 Å². The molecule has 0 spiro atoms. The molecule has 0 aliphatic carbocycles. The Hall–Kier alpha value is -3.35. The van der Waals surface area contributed by atoms with Gasteiger partial charge in [0, 0.05) is 12.1 Å². The van der Waals surface area contributed by atoms with Crippen LogP contribution in [0.25, 0.3) is 5.69 Å². The highest BCUT2D eigenvalue weighted by molar-refractivity contribution is 5.57. The third-order valence-corrected chi connectivity index (χ3v) is 4.35. The van der Waals surface area contributed by atoms with Crippen molar-refractivity contribution in [1.82, 2.24) is 9.78 Å². The van der Waals surface area contributed by atoms with Crippen LogP contribution >= 0.6 is 0 Å². The highest BCUT2D eigenvalue weighted by Crippen LogP contribution is 2.32. The lowest BCUT2D eigenvalue weighted by atomic mass is 10.1. The number of para-hydroxylation sites is 1. The molecule has 1 heterocycles. The molecule has 132 valence electrons. The Kier molecular flexibility index (Phi) is 4.62. The molecule has 3 aromatic rings. The molecule has 0 radical (unpaired) electrons. The first-order valence-corrected chi connectivity index (χ1v) is 8.17. The predicted octanol–water partition coefficient (Wildman–Crippen LogP) is 5.43. The first-order valence-electron chi connectivity index (χ1n) is 8.17. The van der Waals surface area contributed by atoms with Gasteiger partial charge in [0.05, 0.1) is 27.7 Å². The van der Waals surface area contributed by atoms with Gasteiger partial charge in [-0.05, 0) is 51.0 Å². The molecule has 1 aromatic heterocycles. The van der Waals surface area contributed by atoms with Crippen LogP contribution < -0.4 is 0 Å². The molecule has 0 N–H and O–H groups in total. The maximum atomic E-state index is 11.1. The zero-order valence-electron chi connectivity index (χ0n) is 15.1. The minimum Gasteiger partial charge on any atom is -0.258 e. The molecule has 0 aliphatic rings. The number of azo groups is 1. The van der Waals surface area contributed by atoms with Crippen LogP contribution in [0.15, 0.2) is 52.7 Å². The molecule has 0 unspecified atom stereocenters. The molecule has 2 aromatic carbocycles. The van der Waals surface area contributed by atoms with Crippen molar-refractivity contribution in [2.24, 2.45) is 10.2 Å². The van der Waals surface area contributed by atoms with Crippen molar-refractivity contribution < 1.29 is 4.92 Å². The number of nitrogens with zero attached hydrogens (tertiary/aromatic N) is 5. The summed E-state index contributed by atoms with van der Waals surface area (Å²) in [6.45, 7) is 7.49. The molecule has 0 saturated heterocycles. The van der Waals surface area contributed by atoms with Crippen molar-refractivity contribution in [3.05, 3.63) is 75.1 Å². The fourth-order valence-corrected chi connectivity index (χ4v) is 2.74. The molecule has 0 fully saturated rings. The van der Waals surface area contributed by atoms with Gasteiger partial charge in [0.1, 0.15) is 5.69 Å². The van der Waals surface area contributed by atoms with E-state index >= 15 is 0 Å². The van der Waals surface area contributed by atoms with Crippen LogP contribution in [0, 0.1) is 37.8 Å². The first-order chi connectivity index (χ1) is 12.4. The second-order valence-electron chi connectivity index (χ2n) is 6.13. The minimum atomic E-state index is -0.421. The van der Waals surface area contributed by atoms with Crippen molar-refractivity contribution in [2.75, 3.05) is 0 Å². The van der Waals surface area contributed by atoms with Crippen LogP contribution in [-0.2, 0) is 0 Å². The summed E-state index contributed by atoms with van der Waals surface area (Å²) in [7, 11) is 0. The van der Waals surface area contributed by atoms with Gasteiger partial charge < -0.3 is 0 Å². The van der Waals surface area contributed by atoms with Crippen molar-refractivity contribution in [2.45, 2.75) is 27.7 Å². The molecule has 0 bridgehead atoms. The summed E-state index contributed by atoms with van der Waals surface area (Å²) >= 11 is 0. The van der Waals surface area contributed by atoms with Crippen LogP contribution in [0.1, 0.15) is 22.5 Å². The van der Waals surface area contributed by atoms with Gasteiger partial charge in [-0.3, -0.25) is 10.1 Å². The SMILES string of the molecule is Cc1cc([N+](=O)[O-])cc(N=Nc2c(C)nn(-c3ccccc3)c2C)c1C. The van der Waals surface area contributed by atoms with Gasteiger partial charge in [-0.1, -0.05) is 18.2 Å². The summed E-state index contributed by atoms with van der Waals surface area (Å²) in [5.41, 5.74) is 5.38. The van der Waals surface area contributed by atoms with E-state index in [2.05, 4.69) is 15.3 Å². The quantitative estimate of drug-likeness (QED) is 0.357. The number of aryl methyl sites for hydroxylation is 2. The van der Waals surface area contributed by atoms with Gasteiger partial charge in [-0.25, -0.2) is 4.68 Å². The average molecular weight is 349 g/mol. The van der Waals surface area contributed by atoms with E-state index in [4.69, 9.17) is 0 Å². The Morgan fingerprint density at radius 3 is 2.38 bits per heavy atom. The second-order valence-corrected chi connectivity index (χ2v) is 6.13. The molecule has 0 aliphatic heterocycles. The third kappa shape index (κ3) is 3.23. The molecule has 0 saturated carbocycles. The van der Waals surface area contributed by atoms with E-state index in [1.807, 2.05) is 62.7 Å². The van der Waals surface area contributed by atoms with Crippen molar-refractivity contribution >= 4 is 17.1 Å². The Morgan fingerprint density at radius 2 is 1.73 bits per heavy atom.